The fourth-order valence-electron chi connectivity index (χ4n) is 2.74. The molecule has 3 atom stereocenters. The van der Waals surface area contributed by atoms with Crippen LogP contribution >= 0.6 is 12.2 Å². The average Bonchev–Trinajstić information content (AvgIpc) is 2.43. The molecule has 0 spiro atoms. The van der Waals surface area contributed by atoms with E-state index in [0.29, 0.717) is 10.9 Å². The molecule has 0 radical (unpaired) electrons. The van der Waals surface area contributed by atoms with Gasteiger partial charge < -0.3 is 11.1 Å². The first-order valence-electron chi connectivity index (χ1n) is 7.03. The fourth-order valence-corrected chi connectivity index (χ4v) is 3.12. The van der Waals surface area contributed by atoms with Crippen LogP contribution in [0.3, 0.4) is 0 Å². The van der Waals surface area contributed by atoms with E-state index in [9.17, 15) is 4.79 Å². The van der Waals surface area contributed by atoms with E-state index in [0.717, 1.165) is 6.42 Å². The van der Waals surface area contributed by atoms with Crippen LogP contribution in [0, 0.1) is 17.8 Å². The van der Waals surface area contributed by atoms with Crippen LogP contribution in [0.15, 0.2) is 0 Å². The summed E-state index contributed by atoms with van der Waals surface area (Å²) in [7, 11) is 0. The molecule has 0 heterocycles. The van der Waals surface area contributed by atoms with Gasteiger partial charge in [0.05, 0.1) is 10.9 Å². The number of hydrogen-bond donors (Lipinski definition) is 2. The smallest absolute Gasteiger partial charge is 0.230 e. The molecule has 18 heavy (non-hydrogen) atoms. The van der Waals surface area contributed by atoms with Crippen molar-refractivity contribution in [1.29, 1.82) is 0 Å². The molecule has 104 valence electrons. The lowest BCUT2D eigenvalue weighted by Crippen LogP contribution is -2.46. The highest BCUT2D eigenvalue weighted by Gasteiger charge is 2.29. The summed E-state index contributed by atoms with van der Waals surface area (Å²) >= 11 is 5.01. The minimum atomic E-state index is -0.338. The standard InChI is InChI=1S/C14H26N2OS/c1-9(2)12(13(15)18)14(17)16-11-8-6-4-5-7-10(11)3/h9-12H,4-8H2,1-3H3,(H2,15,18)(H,16,17). The number of carbonyl (C=O) groups is 1. The number of rotatable bonds is 4. The lowest BCUT2D eigenvalue weighted by molar-refractivity contribution is -0.125. The maximum atomic E-state index is 12.3. The van der Waals surface area contributed by atoms with Crippen molar-refractivity contribution in [3.63, 3.8) is 0 Å². The predicted octanol–water partition coefficient (Wildman–Crippen LogP) is 2.63. The first kappa shape index (κ1) is 15.4. The molecule has 0 aromatic carbocycles. The van der Waals surface area contributed by atoms with Crippen molar-refractivity contribution < 1.29 is 4.79 Å². The predicted molar refractivity (Wildman–Crippen MR) is 79.3 cm³/mol. The largest absolute Gasteiger partial charge is 0.393 e. The Hall–Kier alpha value is -0.640. The Morgan fingerprint density at radius 2 is 1.89 bits per heavy atom. The molecule has 3 unspecified atom stereocenters. The Kier molecular flexibility index (Phi) is 6.06. The molecule has 4 heteroatoms. The third-order valence-electron chi connectivity index (χ3n) is 3.94. The maximum Gasteiger partial charge on any atom is 0.230 e. The van der Waals surface area contributed by atoms with Crippen LogP contribution in [0.1, 0.15) is 52.9 Å². The summed E-state index contributed by atoms with van der Waals surface area (Å²) in [5.41, 5.74) is 5.68. The third kappa shape index (κ3) is 4.23. The van der Waals surface area contributed by atoms with Crippen molar-refractivity contribution in [1.82, 2.24) is 5.32 Å². The van der Waals surface area contributed by atoms with Gasteiger partial charge in [0, 0.05) is 6.04 Å². The zero-order chi connectivity index (χ0) is 13.7. The van der Waals surface area contributed by atoms with Gasteiger partial charge in [-0.25, -0.2) is 0 Å². The molecule has 1 aliphatic rings. The molecule has 3 nitrogen and oxygen atoms in total. The molecule has 1 aliphatic carbocycles. The summed E-state index contributed by atoms with van der Waals surface area (Å²) in [6, 6.07) is 0.288. The van der Waals surface area contributed by atoms with Crippen molar-refractivity contribution in [2.45, 2.75) is 58.9 Å². The first-order chi connectivity index (χ1) is 8.43. The van der Waals surface area contributed by atoms with Gasteiger partial charge in [-0.3, -0.25) is 4.79 Å². The van der Waals surface area contributed by atoms with E-state index in [1.807, 2.05) is 13.8 Å². The van der Waals surface area contributed by atoms with Gasteiger partial charge in [-0.15, -0.1) is 0 Å². The van der Waals surface area contributed by atoms with Crippen LogP contribution in [-0.2, 0) is 4.79 Å². The van der Waals surface area contributed by atoms with E-state index in [-0.39, 0.29) is 23.8 Å². The van der Waals surface area contributed by atoms with Crippen LogP contribution in [0.4, 0.5) is 0 Å². The van der Waals surface area contributed by atoms with Gasteiger partial charge in [0.1, 0.15) is 0 Å². The molecule has 1 amide bonds. The number of nitrogens with one attached hydrogen (secondary N) is 1. The molecule has 0 bridgehead atoms. The molecule has 0 aliphatic heterocycles. The van der Waals surface area contributed by atoms with Gasteiger partial charge in [-0.05, 0) is 24.7 Å². The summed E-state index contributed by atoms with van der Waals surface area (Å²) in [6.07, 6.45) is 6.03. The van der Waals surface area contributed by atoms with Gasteiger partial charge in [-0.2, -0.15) is 0 Å². The minimum absolute atomic E-state index is 0.0104. The van der Waals surface area contributed by atoms with Gasteiger partial charge in [0.2, 0.25) is 5.91 Å². The van der Waals surface area contributed by atoms with Crippen LogP contribution in [0.5, 0.6) is 0 Å². The highest BCUT2D eigenvalue weighted by molar-refractivity contribution is 7.80. The van der Waals surface area contributed by atoms with E-state index in [2.05, 4.69) is 12.2 Å². The van der Waals surface area contributed by atoms with Crippen molar-refractivity contribution in [2.75, 3.05) is 0 Å². The van der Waals surface area contributed by atoms with Crippen LogP contribution < -0.4 is 11.1 Å². The third-order valence-corrected chi connectivity index (χ3v) is 4.20. The molecule has 1 rings (SSSR count). The van der Waals surface area contributed by atoms with Gasteiger partial charge in [0.25, 0.3) is 0 Å². The summed E-state index contributed by atoms with van der Waals surface area (Å²) in [4.78, 5) is 12.6. The second-order valence-corrected chi connectivity index (χ2v) is 6.33. The van der Waals surface area contributed by atoms with E-state index in [1.165, 1.54) is 25.7 Å². The molecular weight excluding hydrogens is 244 g/mol. The van der Waals surface area contributed by atoms with Gasteiger partial charge in [0.15, 0.2) is 0 Å². The summed E-state index contributed by atoms with van der Waals surface area (Å²) < 4.78 is 0. The molecule has 1 fully saturated rings. The monoisotopic (exact) mass is 270 g/mol. The highest BCUT2D eigenvalue weighted by Crippen LogP contribution is 2.23. The molecule has 0 aromatic heterocycles. The van der Waals surface area contributed by atoms with E-state index in [4.69, 9.17) is 18.0 Å². The highest BCUT2D eigenvalue weighted by atomic mass is 32.1. The van der Waals surface area contributed by atoms with Crippen molar-refractivity contribution >= 4 is 23.1 Å². The zero-order valence-electron chi connectivity index (χ0n) is 11.7. The zero-order valence-corrected chi connectivity index (χ0v) is 12.6. The maximum absolute atomic E-state index is 12.3. The number of amides is 1. The second-order valence-electron chi connectivity index (χ2n) is 5.85. The van der Waals surface area contributed by atoms with E-state index < -0.39 is 0 Å². The Balaban J connectivity index is 2.63. The van der Waals surface area contributed by atoms with Gasteiger partial charge in [-0.1, -0.05) is 52.3 Å². The Morgan fingerprint density at radius 1 is 1.28 bits per heavy atom. The van der Waals surface area contributed by atoms with Gasteiger partial charge >= 0.3 is 0 Å². The average molecular weight is 270 g/mol. The number of nitrogens with two attached hydrogens (primary N) is 1. The van der Waals surface area contributed by atoms with Crippen molar-refractivity contribution in [3.8, 4) is 0 Å². The SMILES string of the molecule is CC(C)C(C(=O)NC1CCCCCC1C)C(N)=S. The summed E-state index contributed by atoms with van der Waals surface area (Å²) in [5, 5.41) is 3.16. The molecule has 0 saturated heterocycles. The molecule has 0 aromatic rings. The number of hydrogen-bond acceptors (Lipinski definition) is 2. The van der Waals surface area contributed by atoms with Crippen molar-refractivity contribution in [3.05, 3.63) is 0 Å². The Labute approximate surface area is 116 Å². The second kappa shape index (κ2) is 7.07. The van der Waals surface area contributed by atoms with E-state index in [1.54, 1.807) is 0 Å². The first-order valence-corrected chi connectivity index (χ1v) is 7.44. The fraction of sp³-hybridized carbons (Fsp3) is 0.857. The molecular formula is C14H26N2OS. The Bertz CT molecular complexity index is 304. The lowest BCUT2D eigenvalue weighted by Gasteiger charge is -2.26. The molecule has 1 saturated carbocycles. The quantitative estimate of drug-likeness (QED) is 0.610. The van der Waals surface area contributed by atoms with Crippen LogP contribution in [-0.4, -0.2) is 16.9 Å². The normalized spacial score (nSPS) is 26.4. The molecule has 3 N–H and O–H groups in total. The van der Waals surface area contributed by atoms with Crippen molar-refractivity contribution in [2.24, 2.45) is 23.5 Å². The number of thiocarbonyl (C=S) groups is 1. The Morgan fingerprint density at radius 3 is 2.44 bits per heavy atom. The minimum Gasteiger partial charge on any atom is -0.393 e. The van der Waals surface area contributed by atoms with E-state index >= 15 is 0 Å². The number of carbonyl (C=O) groups excluding carboxylic acids is 1. The topological polar surface area (TPSA) is 55.1 Å². The lowest BCUT2D eigenvalue weighted by atomic mass is 9.92. The summed E-state index contributed by atoms with van der Waals surface area (Å²) in [6.45, 7) is 6.20. The van der Waals surface area contributed by atoms with Crippen LogP contribution in [0.2, 0.25) is 0 Å². The van der Waals surface area contributed by atoms with Crippen LogP contribution in [0.25, 0.3) is 0 Å². The summed E-state index contributed by atoms with van der Waals surface area (Å²) in [5.74, 6) is 0.380.